The van der Waals surface area contributed by atoms with Crippen molar-refractivity contribution in [2.45, 2.75) is 0 Å². The van der Waals surface area contributed by atoms with E-state index in [1.807, 2.05) is 108 Å². The van der Waals surface area contributed by atoms with Gasteiger partial charge in [-0.25, -0.2) is 9.97 Å². The molecular weight excluding hydrogens is 570 g/mol. The molecule has 1 amide bonds. The van der Waals surface area contributed by atoms with Gasteiger partial charge in [-0.2, -0.15) is 0 Å². The van der Waals surface area contributed by atoms with Crippen molar-refractivity contribution < 1.29 is 9.53 Å². The highest BCUT2D eigenvalue weighted by Gasteiger charge is 2.28. The van der Waals surface area contributed by atoms with Crippen LogP contribution in [-0.2, 0) is 0 Å². The molecule has 3 heterocycles. The normalized spacial score (nSPS) is 13.3. The number of benzene rings is 4. The number of aromatic nitrogens is 3. The lowest BCUT2D eigenvalue weighted by Gasteiger charge is -2.34. The molecule has 0 unspecified atom stereocenters. The second kappa shape index (κ2) is 11.8. The van der Waals surface area contributed by atoms with Crippen LogP contribution in [0, 0.1) is 0 Å². The fraction of sp³-hybridized carbons (Fsp3) is 0.143. The van der Waals surface area contributed by atoms with E-state index in [1.54, 1.807) is 17.7 Å². The molecule has 1 aliphatic rings. The van der Waals surface area contributed by atoms with Crippen LogP contribution in [0.2, 0.25) is 0 Å². The summed E-state index contributed by atoms with van der Waals surface area (Å²) in [4.78, 5) is 42.4. The minimum absolute atomic E-state index is 0.0382. The van der Waals surface area contributed by atoms with Gasteiger partial charge in [-0.05, 0) is 36.4 Å². The number of anilines is 1. The van der Waals surface area contributed by atoms with Crippen LogP contribution >= 0.6 is 11.3 Å². The van der Waals surface area contributed by atoms with Gasteiger partial charge >= 0.3 is 0 Å². The summed E-state index contributed by atoms with van der Waals surface area (Å²) < 4.78 is 7.33. The van der Waals surface area contributed by atoms with Crippen molar-refractivity contribution in [2.75, 3.05) is 38.2 Å². The van der Waals surface area contributed by atoms with Gasteiger partial charge in [0.05, 0.1) is 29.4 Å². The first kappa shape index (κ1) is 27.5. The number of carbonyl (C=O) groups excluding carboxylic acids is 1. The van der Waals surface area contributed by atoms with Crippen LogP contribution in [-0.4, -0.2) is 58.6 Å². The van der Waals surface area contributed by atoms with Crippen LogP contribution in [0.4, 0.5) is 5.13 Å². The van der Waals surface area contributed by atoms with Crippen molar-refractivity contribution in [1.29, 1.82) is 0 Å². The largest absolute Gasteiger partial charge is 0.495 e. The maximum Gasteiger partial charge on any atom is 0.266 e. The number of nitrogens with zero attached hydrogens (tertiary/aromatic N) is 5. The van der Waals surface area contributed by atoms with Crippen molar-refractivity contribution in [3.8, 4) is 33.4 Å². The van der Waals surface area contributed by atoms with Gasteiger partial charge in [-0.1, -0.05) is 84.1 Å². The Morgan fingerprint density at radius 3 is 2.18 bits per heavy atom. The number of rotatable bonds is 6. The monoisotopic (exact) mass is 599 g/mol. The van der Waals surface area contributed by atoms with E-state index >= 15 is 0 Å². The first-order valence-electron chi connectivity index (χ1n) is 14.4. The maximum atomic E-state index is 14.2. The van der Waals surface area contributed by atoms with Crippen molar-refractivity contribution in [3.63, 3.8) is 0 Å². The predicted octanol–water partition coefficient (Wildman–Crippen LogP) is 6.15. The first-order chi connectivity index (χ1) is 21.6. The molecule has 9 heteroatoms. The second-order valence-electron chi connectivity index (χ2n) is 10.5. The summed E-state index contributed by atoms with van der Waals surface area (Å²) in [7, 11) is 1.60. The Balaban J connectivity index is 1.35. The van der Waals surface area contributed by atoms with Crippen molar-refractivity contribution in [3.05, 3.63) is 125 Å². The van der Waals surface area contributed by atoms with Crippen molar-refractivity contribution >= 4 is 33.3 Å². The highest BCUT2D eigenvalue weighted by atomic mass is 32.1. The van der Waals surface area contributed by atoms with E-state index in [0.717, 1.165) is 21.3 Å². The number of methoxy groups -OCH3 is 1. The van der Waals surface area contributed by atoms with Crippen LogP contribution in [0.3, 0.4) is 0 Å². The van der Waals surface area contributed by atoms with E-state index in [1.165, 1.54) is 11.3 Å². The van der Waals surface area contributed by atoms with Crippen LogP contribution in [0.5, 0.6) is 5.75 Å². The van der Waals surface area contributed by atoms with Crippen LogP contribution in [0.15, 0.2) is 114 Å². The number of amides is 1. The van der Waals surface area contributed by atoms with Crippen LogP contribution < -0.4 is 15.2 Å². The van der Waals surface area contributed by atoms with E-state index in [-0.39, 0.29) is 11.5 Å². The minimum atomic E-state index is -0.183. The minimum Gasteiger partial charge on any atom is -0.495 e. The van der Waals surface area contributed by atoms with Gasteiger partial charge in [0.1, 0.15) is 10.6 Å². The molecule has 0 spiro atoms. The number of thiazole rings is 1. The zero-order valence-corrected chi connectivity index (χ0v) is 24.9. The number of ether oxygens (including phenoxy) is 1. The third-order valence-electron chi connectivity index (χ3n) is 7.83. The Kier molecular flexibility index (Phi) is 7.37. The van der Waals surface area contributed by atoms with Gasteiger partial charge in [0.2, 0.25) is 0 Å². The zero-order valence-electron chi connectivity index (χ0n) is 24.1. The molecule has 1 saturated heterocycles. The fourth-order valence-electron chi connectivity index (χ4n) is 5.57. The first-order valence-corrected chi connectivity index (χ1v) is 15.2. The highest BCUT2D eigenvalue weighted by molar-refractivity contribution is 7.19. The topological polar surface area (TPSA) is 80.6 Å². The quantitative estimate of drug-likeness (QED) is 0.229. The van der Waals surface area contributed by atoms with Gasteiger partial charge < -0.3 is 14.5 Å². The van der Waals surface area contributed by atoms with E-state index in [9.17, 15) is 9.59 Å². The highest BCUT2D eigenvalue weighted by Crippen LogP contribution is 2.41. The average molecular weight is 600 g/mol. The molecule has 218 valence electrons. The van der Waals surface area contributed by atoms with E-state index in [4.69, 9.17) is 14.7 Å². The summed E-state index contributed by atoms with van der Waals surface area (Å²) in [6, 6.07) is 34.2. The lowest BCUT2D eigenvalue weighted by Crippen LogP contribution is -2.48. The summed E-state index contributed by atoms with van der Waals surface area (Å²) in [5, 5.41) is 1.34. The molecule has 2 aromatic heterocycles. The fourth-order valence-corrected chi connectivity index (χ4v) is 6.69. The Bertz CT molecular complexity index is 2020. The molecule has 6 aromatic rings. The standard InChI is InChI=1S/C35H29N5O3S/c1-43-29-19-11-10-18-28(29)40-32(36-27-17-9-8-16-26(27)34(40)42)31-30(24-12-4-2-5-13-24)37-35(44-31)39-22-20-38(21-23-39)33(41)25-14-6-3-7-15-25/h2-19H,20-23H2,1H3. The Hall–Kier alpha value is -5.28. The summed E-state index contributed by atoms with van der Waals surface area (Å²) in [5.74, 6) is 1.10. The van der Waals surface area contributed by atoms with Gasteiger partial charge in [0.25, 0.3) is 11.5 Å². The van der Waals surface area contributed by atoms with Gasteiger partial charge in [0.15, 0.2) is 11.0 Å². The van der Waals surface area contributed by atoms with Crippen molar-refractivity contribution in [2.24, 2.45) is 0 Å². The molecule has 0 aliphatic carbocycles. The molecule has 7 rings (SSSR count). The number of hydrogen-bond acceptors (Lipinski definition) is 7. The lowest BCUT2D eigenvalue weighted by molar-refractivity contribution is 0.0746. The summed E-state index contributed by atoms with van der Waals surface area (Å²) >= 11 is 1.51. The molecule has 0 atom stereocenters. The average Bonchev–Trinajstić information content (AvgIpc) is 3.54. The third kappa shape index (κ3) is 5.01. The number of fused-ring (bicyclic) bond motifs is 1. The Labute approximate surface area is 258 Å². The number of hydrogen-bond donors (Lipinski definition) is 0. The Morgan fingerprint density at radius 2 is 1.43 bits per heavy atom. The molecule has 8 nitrogen and oxygen atoms in total. The molecule has 44 heavy (non-hydrogen) atoms. The molecule has 1 aliphatic heterocycles. The predicted molar refractivity (Wildman–Crippen MR) is 175 cm³/mol. The zero-order chi connectivity index (χ0) is 30.0. The lowest BCUT2D eigenvalue weighted by atomic mass is 10.1. The van der Waals surface area contributed by atoms with Gasteiger partial charge in [-0.15, -0.1) is 0 Å². The van der Waals surface area contributed by atoms with Gasteiger partial charge in [-0.3, -0.25) is 14.2 Å². The van der Waals surface area contributed by atoms with Crippen LogP contribution in [0.1, 0.15) is 10.4 Å². The molecule has 0 bridgehead atoms. The maximum absolute atomic E-state index is 14.2. The summed E-state index contributed by atoms with van der Waals surface area (Å²) in [6.45, 7) is 2.46. The molecule has 1 fully saturated rings. The van der Waals surface area contributed by atoms with E-state index < -0.39 is 0 Å². The number of piperazine rings is 1. The van der Waals surface area contributed by atoms with E-state index in [0.29, 0.717) is 59.9 Å². The number of para-hydroxylation sites is 3. The molecule has 0 N–H and O–H groups in total. The molecule has 0 saturated carbocycles. The second-order valence-corrected chi connectivity index (χ2v) is 11.4. The van der Waals surface area contributed by atoms with Gasteiger partial charge in [0, 0.05) is 37.3 Å². The van der Waals surface area contributed by atoms with E-state index in [2.05, 4.69) is 4.90 Å². The SMILES string of the molecule is COc1ccccc1-n1c(-c2sc(N3CCN(C(=O)c4ccccc4)CC3)nc2-c2ccccc2)nc2ccccc2c1=O. The molecule has 4 aromatic carbocycles. The number of carbonyl (C=O) groups is 1. The summed E-state index contributed by atoms with van der Waals surface area (Å²) in [5.41, 5.74) is 3.41. The van der Waals surface area contributed by atoms with Crippen molar-refractivity contribution in [1.82, 2.24) is 19.4 Å². The summed E-state index contributed by atoms with van der Waals surface area (Å²) in [6.07, 6.45) is 0. The Morgan fingerprint density at radius 1 is 0.773 bits per heavy atom. The smallest absolute Gasteiger partial charge is 0.266 e. The third-order valence-corrected chi connectivity index (χ3v) is 8.94. The molecular formula is C35H29N5O3S. The molecule has 0 radical (unpaired) electrons. The van der Waals surface area contributed by atoms with Crippen LogP contribution in [0.25, 0.3) is 38.5 Å².